The van der Waals surface area contributed by atoms with Gasteiger partial charge in [-0.3, -0.25) is 9.59 Å². The molecular weight excluding hydrogens is 416 g/mol. The van der Waals surface area contributed by atoms with Gasteiger partial charge in [-0.1, -0.05) is 50.3 Å². The van der Waals surface area contributed by atoms with Gasteiger partial charge in [-0.25, -0.2) is 4.79 Å². The number of aliphatic hydroxyl groups excluding tert-OH is 1. The zero-order valence-corrected chi connectivity index (χ0v) is 19.3. The van der Waals surface area contributed by atoms with Gasteiger partial charge < -0.3 is 9.84 Å². The predicted molar refractivity (Wildman–Crippen MR) is 123 cm³/mol. The number of carbonyl (C=O) groups excluding carboxylic acids is 3. The molecule has 0 heterocycles. The molecule has 1 unspecified atom stereocenters. The SMILES string of the molecule is CC(=O)[C@@]1(OC(=O)c2ccccc2)CC[C@H]2[C@@H]3C=CC4=CC(=O)C=C[C@]4(C)[C@H]3C(O)C[C@@]21C. The molecule has 0 spiro atoms. The Bertz CT molecular complexity index is 1110. The summed E-state index contributed by atoms with van der Waals surface area (Å²) in [6.07, 6.45) is 10.1. The number of fused-ring (bicyclic) bond motifs is 5. The second-order valence-corrected chi connectivity index (χ2v) is 10.6. The van der Waals surface area contributed by atoms with E-state index in [4.69, 9.17) is 4.74 Å². The number of rotatable bonds is 3. The summed E-state index contributed by atoms with van der Waals surface area (Å²) in [5, 5.41) is 11.5. The van der Waals surface area contributed by atoms with Gasteiger partial charge in [-0.15, -0.1) is 0 Å². The summed E-state index contributed by atoms with van der Waals surface area (Å²) in [6.45, 7) is 5.59. The van der Waals surface area contributed by atoms with E-state index in [1.54, 1.807) is 36.4 Å². The number of esters is 1. The number of carbonyl (C=O) groups is 3. The summed E-state index contributed by atoms with van der Waals surface area (Å²) in [7, 11) is 0. The van der Waals surface area contributed by atoms with Crippen LogP contribution in [0.2, 0.25) is 0 Å². The normalized spacial score (nSPS) is 41.0. The third-order valence-corrected chi connectivity index (χ3v) is 9.02. The van der Waals surface area contributed by atoms with Gasteiger partial charge in [0, 0.05) is 16.7 Å². The van der Waals surface area contributed by atoms with Crippen molar-refractivity contribution < 1.29 is 24.2 Å². The lowest BCUT2D eigenvalue weighted by Gasteiger charge is -2.58. The van der Waals surface area contributed by atoms with Crippen molar-refractivity contribution in [2.24, 2.45) is 28.6 Å². The minimum atomic E-state index is -1.28. The summed E-state index contributed by atoms with van der Waals surface area (Å²) in [4.78, 5) is 38.2. The first kappa shape index (κ1) is 22.0. The summed E-state index contributed by atoms with van der Waals surface area (Å²) < 4.78 is 6.10. The van der Waals surface area contributed by atoms with Gasteiger partial charge in [0.2, 0.25) is 0 Å². The highest BCUT2D eigenvalue weighted by Gasteiger charge is 2.69. The van der Waals surface area contributed by atoms with Crippen molar-refractivity contribution >= 4 is 17.5 Å². The predicted octanol–water partition coefficient (Wildman–Crippen LogP) is 4.23. The molecule has 0 aromatic heterocycles. The van der Waals surface area contributed by atoms with Crippen LogP contribution in [0.3, 0.4) is 0 Å². The first-order chi connectivity index (χ1) is 15.6. The number of Topliss-reactive ketones (excluding diaryl/α,β-unsaturated/α-hetero) is 1. The molecule has 0 saturated heterocycles. The average molecular weight is 447 g/mol. The smallest absolute Gasteiger partial charge is 0.339 e. The lowest BCUT2D eigenvalue weighted by Crippen LogP contribution is -2.61. The minimum absolute atomic E-state index is 0.00963. The lowest BCUT2D eigenvalue weighted by atomic mass is 9.48. The Morgan fingerprint density at radius 3 is 2.55 bits per heavy atom. The van der Waals surface area contributed by atoms with E-state index < -0.39 is 28.5 Å². The van der Waals surface area contributed by atoms with Crippen LogP contribution in [-0.4, -0.2) is 34.3 Å². The van der Waals surface area contributed by atoms with Crippen LogP contribution >= 0.6 is 0 Å². The monoisotopic (exact) mass is 446 g/mol. The van der Waals surface area contributed by atoms with Gasteiger partial charge in [-0.05, 0) is 67.9 Å². The van der Waals surface area contributed by atoms with Crippen molar-refractivity contribution in [1.29, 1.82) is 0 Å². The topological polar surface area (TPSA) is 80.7 Å². The van der Waals surface area contributed by atoms with E-state index in [1.165, 1.54) is 6.92 Å². The third kappa shape index (κ3) is 2.98. The van der Waals surface area contributed by atoms with Crippen LogP contribution in [0.4, 0.5) is 0 Å². The average Bonchev–Trinajstić information content (AvgIpc) is 3.07. The van der Waals surface area contributed by atoms with E-state index in [2.05, 4.69) is 13.0 Å². The van der Waals surface area contributed by atoms with Gasteiger partial charge in [0.15, 0.2) is 17.2 Å². The maximum absolute atomic E-state index is 13.2. The lowest BCUT2D eigenvalue weighted by molar-refractivity contribution is -0.169. The van der Waals surface area contributed by atoms with E-state index in [1.807, 2.05) is 25.1 Å². The molecule has 0 amide bonds. The Morgan fingerprint density at radius 1 is 1.12 bits per heavy atom. The van der Waals surface area contributed by atoms with Crippen LogP contribution in [-0.2, 0) is 14.3 Å². The highest BCUT2D eigenvalue weighted by molar-refractivity contribution is 6.01. The van der Waals surface area contributed by atoms with Crippen molar-refractivity contribution in [3.8, 4) is 0 Å². The molecular formula is C28H30O5. The number of ether oxygens (including phenoxy) is 1. The first-order valence-electron chi connectivity index (χ1n) is 11.7. The Hall–Kier alpha value is -2.79. The van der Waals surface area contributed by atoms with Crippen LogP contribution in [0.15, 0.2) is 66.3 Å². The number of hydrogen-bond acceptors (Lipinski definition) is 5. The van der Waals surface area contributed by atoms with Crippen LogP contribution in [0.5, 0.6) is 0 Å². The van der Waals surface area contributed by atoms with Gasteiger partial charge in [0.25, 0.3) is 0 Å². The molecule has 33 heavy (non-hydrogen) atoms. The van der Waals surface area contributed by atoms with Gasteiger partial charge >= 0.3 is 5.97 Å². The fraction of sp³-hybridized carbons (Fsp3) is 0.464. The molecule has 5 heteroatoms. The molecule has 1 aromatic carbocycles. The highest BCUT2D eigenvalue weighted by Crippen LogP contribution is 2.66. The standard InChI is InChI=1S/C28H30O5/c1-17(29)28(33-25(32)18-7-5-4-6-8-18)14-12-22-21-10-9-19-15-20(30)11-13-26(19,2)24(21)23(31)16-27(22,28)3/h4-11,13,15,21-24,31H,12,14,16H2,1-3H3/t21-,22-,23?,24+,26-,27-,28-/m0/s1. The van der Waals surface area contributed by atoms with Crippen LogP contribution < -0.4 is 0 Å². The Balaban J connectivity index is 1.55. The number of ketones is 2. The summed E-state index contributed by atoms with van der Waals surface area (Å²) in [5.41, 5.74) is -1.09. The Morgan fingerprint density at radius 2 is 1.85 bits per heavy atom. The maximum atomic E-state index is 13.2. The van der Waals surface area contributed by atoms with Crippen LogP contribution in [0.1, 0.15) is 50.4 Å². The second-order valence-electron chi connectivity index (χ2n) is 10.6. The van der Waals surface area contributed by atoms with Crippen molar-refractivity contribution in [2.45, 2.75) is 51.7 Å². The van der Waals surface area contributed by atoms with Gasteiger partial charge in [0.05, 0.1) is 11.7 Å². The van der Waals surface area contributed by atoms with E-state index in [0.29, 0.717) is 18.4 Å². The van der Waals surface area contributed by atoms with E-state index >= 15 is 0 Å². The molecule has 0 radical (unpaired) electrons. The molecule has 1 aromatic rings. The van der Waals surface area contributed by atoms with Crippen LogP contribution in [0.25, 0.3) is 0 Å². The minimum Gasteiger partial charge on any atom is -0.447 e. The fourth-order valence-electron chi connectivity index (χ4n) is 7.38. The van der Waals surface area contributed by atoms with E-state index in [9.17, 15) is 19.5 Å². The number of aliphatic hydroxyl groups is 1. The highest BCUT2D eigenvalue weighted by atomic mass is 16.6. The Labute approximate surface area is 194 Å². The molecule has 0 aliphatic heterocycles. The zero-order valence-electron chi connectivity index (χ0n) is 19.3. The quantitative estimate of drug-likeness (QED) is 0.703. The molecule has 7 atom stereocenters. The van der Waals surface area contributed by atoms with E-state index in [-0.39, 0.29) is 29.3 Å². The number of allylic oxidation sites excluding steroid dienone is 6. The van der Waals surface area contributed by atoms with Crippen molar-refractivity contribution in [1.82, 2.24) is 0 Å². The molecule has 4 aliphatic rings. The second kappa shape index (κ2) is 7.36. The van der Waals surface area contributed by atoms with Gasteiger partial charge in [0.1, 0.15) is 0 Å². The van der Waals surface area contributed by atoms with Crippen molar-refractivity contribution in [3.63, 3.8) is 0 Å². The van der Waals surface area contributed by atoms with Gasteiger partial charge in [-0.2, -0.15) is 0 Å². The molecule has 5 nitrogen and oxygen atoms in total. The number of benzene rings is 1. The van der Waals surface area contributed by atoms with Crippen molar-refractivity contribution in [3.05, 3.63) is 71.8 Å². The molecule has 2 fully saturated rings. The fourth-order valence-corrected chi connectivity index (χ4v) is 7.38. The summed E-state index contributed by atoms with van der Waals surface area (Å²) in [6, 6.07) is 8.74. The molecule has 1 N–H and O–H groups in total. The zero-order chi connectivity index (χ0) is 23.6. The molecule has 0 bridgehead atoms. The molecule has 172 valence electrons. The largest absolute Gasteiger partial charge is 0.447 e. The summed E-state index contributed by atoms with van der Waals surface area (Å²) >= 11 is 0. The Kier molecular flexibility index (Phi) is 4.91. The van der Waals surface area contributed by atoms with Crippen molar-refractivity contribution in [2.75, 3.05) is 0 Å². The maximum Gasteiger partial charge on any atom is 0.339 e. The molecule has 4 aliphatic carbocycles. The van der Waals surface area contributed by atoms with Crippen LogP contribution in [0, 0.1) is 28.6 Å². The third-order valence-electron chi connectivity index (χ3n) is 9.02. The summed E-state index contributed by atoms with van der Waals surface area (Å²) in [5.74, 6) is -0.741. The van der Waals surface area contributed by atoms with E-state index in [0.717, 1.165) is 12.0 Å². The first-order valence-corrected chi connectivity index (χ1v) is 11.7. The number of hydrogen-bond donors (Lipinski definition) is 1. The molecule has 2 saturated carbocycles. The molecule has 5 rings (SSSR count).